The van der Waals surface area contributed by atoms with Gasteiger partial charge < -0.3 is 14.6 Å². The average molecular weight is 398 g/mol. The van der Waals surface area contributed by atoms with Crippen molar-refractivity contribution >= 4 is 23.9 Å². The van der Waals surface area contributed by atoms with Crippen LogP contribution in [0.2, 0.25) is 0 Å². The zero-order valence-electron chi connectivity index (χ0n) is 16.7. The number of carbonyl (C=O) groups is 2. The molecule has 1 saturated heterocycles. The van der Waals surface area contributed by atoms with Crippen LogP contribution in [0.1, 0.15) is 52.9 Å². The minimum absolute atomic E-state index is 0.179. The van der Waals surface area contributed by atoms with Gasteiger partial charge in [0.15, 0.2) is 0 Å². The highest BCUT2D eigenvalue weighted by atomic mass is 32.2. The van der Waals surface area contributed by atoms with Gasteiger partial charge in [0.05, 0.1) is 7.11 Å². The zero-order chi connectivity index (χ0) is 20.1. The van der Waals surface area contributed by atoms with Gasteiger partial charge in [0.2, 0.25) is 0 Å². The van der Waals surface area contributed by atoms with Crippen molar-refractivity contribution in [1.82, 2.24) is 4.31 Å². The molecule has 27 heavy (non-hydrogen) atoms. The van der Waals surface area contributed by atoms with Crippen LogP contribution in [-0.4, -0.2) is 52.4 Å². The summed E-state index contributed by atoms with van der Waals surface area (Å²) in [5, 5.41) is 8.95. The SMILES string of the molecule is COC1=CCC(CSN2CCCC2CCC(=O)O)(C(=O)OC(C)(C)C)C=C1. The van der Waals surface area contributed by atoms with Gasteiger partial charge in [-0.25, -0.2) is 4.31 Å². The molecule has 0 aromatic carbocycles. The first kappa shape index (κ1) is 21.8. The molecule has 0 aromatic heterocycles. The maximum absolute atomic E-state index is 13.0. The van der Waals surface area contributed by atoms with Crippen LogP contribution in [0.25, 0.3) is 0 Å². The van der Waals surface area contributed by atoms with Crippen LogP contribution in [0.3, 0.4) is 0 Å². The minimum atomic E-state index is -0.760. The van der Waals surface area contributed by atoms with Crippen molar-refractivity contribution in [2.75, 3.05) is 19.4 Å². The summed E-state index contributed by atoms with van der Waals surface area (Å²) in [4.78, 5) is 23.9. The Balaban J connectivity index is 2.06. The summed E-state index contributed by atoms with van der Waals surface area (Å²) in [6.07, 6.45) is 9.07. The molecule has 0 bridgehead atoms. The highest BCUT2D eigenvalue weighted by Gasteiger charge is 2.41. The van der Waals surface area contributed by atoms with Gasteiger partial charge in [-0.15, -0.1) is 0 Å². The lowest BCUT2D eigenvalue weighted by Crippen LogP contribution is -2.40. The Morgan fingerprint density at radius 1 is 1.41 bits per heavy atom. The van der Waals surface area contributed by atoms with Crippen molar-refractivity contribution in [3.8, 4) is 0 Å². The van der Waals surface area contributed by atoms with Gasteiger partial charge in [0.1, 0.15) is 16.8 Å². The Morgan fingerprint density at radius 3 is 2.70 bits per heavy atom. The van der Waals surface area contributed by atoms with E-state index in [-0.39, 0.29) is 18.4 Å². The predicted octanol–water partition coefficient (Wildman–Crippen LogP) is 3.78. The molecule has 2 aliphatic rings. The maximum Gasteiger partial charge on any atom is 0.317 e. The number of carboxylic acid groups (broad SMARTS) is 1. The molecule has 1 aliphatic carbocycles. The molecule has 0 spiro atoms. The van der Waals surface area contributed by atoms with E-state index in [1.807, 2.05) is 39.0 Å². The first-order valence-electron chi connectivity index (χ1n) is 9.43. The van der Waals surface area contributed by atoms with Gasteiger partial charge in [0, 0.05) is 24.8 Å². The fraction of sp³-hybridized carbons (Fsp3) is 0.700. The molecular formula is C20H31NO5S. The monoisotopic (exact) mass is 397 g/mol. The number of hydrogen-bond donors (Lipinski definition) is 1. The fourth-order valence-electron chi connectivity index (χ4n) is 3.26. The molecule has 1 fully saturated rings. The minimum Gasteiger partial charge on any atom is -0.497 e. The molecule has 1 aliphatic heterocycles. The summed E-state index contributed by atoms with van der Waals surface area (Å²) in [5.74, 6) is 0.325. The Kier molecular flexibility index (Phi) is 7.40. The lowest BCUT2D eigenvalue weighted by Gasteiger charge is -2.34. The number of allylic oxidation sites excluding steroid dienone is 2. The van der Waals surface area contributed by atoms with Gasteiger partial charge in [-0.3, -0.25) is 9.59 Å². The van der Waals surface area contributed by atoms with Crippen LogP contribution < -0.4 is 0 Å². The van der Waals surface area contributed by atoms with Crippen LogP contribution in [0.15, 0.2) is 24.0 Å². The number of methoxy groups -OCH3 is 1. The third-order valence-corrected chi connectivity index (χ3v) is 6.23. The predicted molar refractivity (Wildman–Crippen MR) is 106 cm³/mol. The molecule has 2 unspecified atom stereocenters. The maximum atomic E-state index is 13.0. The number of carboxylic acids is 1. The van der Waals surface area contributed by atoms with E-state index in [2.05, 4.69) is 4.31 Å². The van der Waals surface area contributed by atoms with E-state index in [0.717, 1.165) is 25.1 Å². The van der Waals surface area contributed by atoms with E-state index < -0.39 is 17.0 Å². The lowest BCUT2D eigenvalue weighted by molar-refractivity contribution is -0.163. The van der Waals surface area contributed by atoms with E-state index >= 15 is 0 Å². The van der Waals surface area contributed by atoms with Crippen LogP contribution in [0.4, 0.5) is 0 Å². The van der Waals surface area contributed by atoms with E-state index in [4.69, 9.17) is 14.6 Å². The summed E-state index contributed by atoms with van der Waals surface area (Å²) >= 11 is 1.63. The lowest BCUT2D eigenvalue weighted by atomic mass is 9.83. The van der Waals surface area contributed by atoms with Crippen molar-refractivity contribution in [2.45, 2.75) is 64.5 Å². The van der Waals surface area contributed by atoms with Crippen LogP contribution >= 0.6 is 11.9 Å². The molecule has 2 rings (SSSR count). The smallest absolute Gasteiger partial charge is 0.317 e. The van der Waals surface area contributed by atoms with Gasteiger partial charge >= 0.3 is 11.9 Å². The number of ether oxygens (including phenoxy) is 2. The Morgan fingerprint density at radius 2 is 2.15 bits per heavy atom. The number of hydrogen-bond acceptors (Lipinski definition) is 6. The van der Waals surface area contributed by atoms with Crippen LogP contribution in [-0.2, 0) is 19.1 Å². The van der Waals surface area contributed by atoms with Crippen molar-refractivity contribution in [3.63, 3.8) is 0 Å². The number of aliphatic carboxylic acids is 1. The molecule has 7 heteroatoms. The van der Waals surface area contributed by atoms with E-state index in [9.17, 15) is 9.59 Å². The summed E-state index contributed by atoms with van der Waals surface area (Å²) < 4.78 is 13.2. The molecule has 0 amide bonds. The molecule has 1 heterocycles. The van der Waals surface area contributed by atoms with Gasteiger partial charge in [-0.2, -0.15) is 0 Å². The number of carbonyl (C=O) groups excluding carboxylic acids is 1. The second-order valence-electron chi connectivity index (χ2n) is 8.15. The quantitative estimate of drug-likeness (QED) is 0.493. The topological polar surface area (TPSA) is 76.1 Å². The fourth-order valence-corrected chi connectivity index (χ4v) is 4.67. The van der Waals surface area contributed by atoms with Crippen molar-refractivity contribution in [3.05, 3.63) is 24.0 Å². The average Bonchev–Trinajstić information content (AvgIpc) is 3.04. The summed E-state index contributed by atoms with van der Waals surface area (Å²) in [6.45, 7) is 6.54. The molecule has 0 aromatic rings. The van der Waals surface area contributed by atoms with E-state index in [1.54, 1.807) is 19.1 Å². The van der Waals surface area contributed by atoms with E-state index in [1.165, 1.54) is 0 Å². The molecule has 0 saturated carbocycles. The second kappa shape index (κ2) is 9.15. The molecule has 1 N–H and O–H groups in total. The third-order valence-electron chi connectivity index (χ3n) is 4.78. The Bertz CT molecular complexity index is 610. The largest absolute Gasteiger partial charge is 0.497 e. The number of rotatable bonds is 8. The summed E-state index contributed by atoms with van der Waals surface area (Å²) in [5.41, 5.74) is -1.29. The molecule has 152 valence electrons. The highest BCUT2D eigenvalue weighted by Crippen LogP contribution is 2.39. The number of nitrogens with zero attached hydrogens (tertiary/aromatic N) is 1. The summed E-state index contributed by atoms with van der Waals surface area (Å²) in [6, 6.07) is 0.249. The van der Waals surface area contributed by atoms with Gasteiger partial charge in [-0.1, -0.05) is 18.0 Å². The summed E-state index contributed by atoms with van der Waals surface area (Å²) in [7, 11) is 1.61. The van der Waals surface area contributed by atoms with Crippen LogP contribution in [0, 0.1) is 5.41 Å². The molecular weight excluding hydrogens is 366 g/mol. The standard InChI is InChI=1S/C20H31NO5S/c1-19(2,3)26-18(24)20(11-9-16(25-4)10-12-20)14-27-21-13-5-6-15(21)7-8-17(22)23/h9-11,15H,5-8,12-14H2,1-4H3,(H,22,23). The van der Waals surface area contributed by atoms with Crippen LogP contribution in [0.5, 0.6) is 0 Å². The van der Waals surface area contributed by atoms with Crippen molar-refractivity contribution in [2.24, 2.45) is 5.41 Å². The van der Waals surface area contributed by atoms with Crippen molar-refractivity contribution in [1.29, 1.82) is 0 Å². The van der Waals surface area contributed by atoms with E-state index in [0.29, 0.717) is 18.6 Å². The first-order chi connectivity index (χ1) is 12.6. The van der Waals surface area contributed by atoms with Gasteiger partial charge in [0.25, 0.3) is 0 Å². The normalized spacial score (nSPS) is 25.9. The Labute approximate surface area is 166 Å². The Hall–Kier alpha value is -1.47. The zero-order valence-corrected chi connectivity index (χ0v) is 17.5. The third kappa shape index (κ3) is 6.28. The molecule has 6 nitrogen and oxygen atoms in total. The molecule has 2 atom stereocenters. The number of esters is 1. The highest BCUT2D eigenvalue weighted by molar-refractivity contribution is 7.97. The second-order valence-corrected chi connectivity index (χ2v) is 9.16. The first-order valence-corrected chi connectivity index (χ1v) is 10.4. The van der Waals surface area contributed by atoms with Crippen molar-refractivity contribution < 1.29 is 24.2 Å². The molecule has 0 radical (unpaired) electrons. The van der Waals surface area contributed by atoms with Gasteiger partial charge in [-0.05, 0) is 58.6 Å².